The fourth-order valence-corrected chi connectivity index (χ4v) is 0.640. The van der Waals surface area contributed by atoms with Crippen LogP contribution in [0.25, 0.3) is 0 Å². The van der Waals surface area contributed by atoms with E-state index >= 15 is 0 Å². The Morgan fingerprint density at radius 1 is 1.86 bits per heavy atom. The van der Waals surface area contributed by atoms with Crippen molar-refractivity contribution in [1.29, 1.82) is 0 Å². The zero-order valence-corrected chi connectivity index (χ0v) is 5.27. The Hall–Kier alpha value is -0.310. The molecule has 0 aromatic rings. The van der Waals surface area contributed by atoms with E-state index in [0.29, 0.717) is 0 Å². The Morgan fingerprint density at radius 3 is 3.00 bits per heavy atom. The van der Waals surface area contributed by atoms with Crippen LogP contribution in [0.1, 0.15) is 0 Å². The van der Waals surface area contributed by atoms with Crippen molar-refractivity contribution in [2.75, 3.05) is 6.54 Å². The molecule has 0 unspecified atom stereocenters. The van der Waals surface area contributed by atoms with Gasteiger partial charge in [0.15, 0.2) is 0 Å². The molecule has 0 bridgehead atoms. The number of rotatable bonds is 0. The number of aliphatic imine (C=N–C) groups is 1. The van der Waals surface area contributed by atoms with E-state index in [1.807, 2.05) is 0 Å². The van der Waals surface area contributed by atoms with Gasteiger partial charge in [0, 0.05) is 17.2 Å². The van der Waals surface area contributed by atoms with Gasteiger partial charge in [-0.15, -0.1) is 0 Å². The van der Waals surface area contributed by atoms with E-state index in [9.17, 15) is 0 Å². The van der Waals surface area contributed by atoms with E-state index in [4.69, 9.17) is 0 Å². The summed E-state index contributed by atoms with van der Waals surface area (Å²) in [5.74, 6) is 0. The quantitative estimate of drug-likeness (QED) is 0.559. The van der Waals surface area contributed by atoms with Gasteiger partial charge in [-0.05, 0) is 0 Å². The van der Waals surface area contributed by atoms with Crippen LogP contribution in [-0.2, 0) is 0 Å². The maximum Gasteiger partial charge on any atom is 0.0882 e. The smallest absolute Gasteiger partial charge is 0.0882 e. The van der Waals surface area contributed by atoms with E-state index in [2.05, 4.69) is 26.2 Å². The average Bonchev–Trinajstić information content (AvgIpc) is 1.69. The lowest BCUT2D eigenvalue weighted by Gasteiger charge is -2.00. The first-order valence-corrected chi connectivity index (χ1v) is 2.78. The zero-order chi connectivity index (χ0) is 5.11. The molecular formula is C4H5BrN2. The molecule has 1 heterocycles. The largest absolute Gasteiger partial charge is 0.371 e. The van der Waals surface area contributed by atoms with Crippen molar-refractivity contribution in [3.63, 3.8) is 0 Å². The molecule has 7 heavy (non-hydrogen) atoms. The molecule has 0 saturated carbocycles. The highest BCUT2D eigenvalue weighted by atomic mass is 79.9. The molecule has 2 nitrogen and oxygen atoms in total. The first kappa shape index (κ1) is 4.84. The van der Waals surface area contributed by atoms with Crippen molar-refractivity contribution in [3.05, 3.63) is 10.7 Å². The summed E-state index contributed by atoms with van der Waals surface area (Å²) in [6.07, 6.45) is 3.45. The van der Waals surface area contributed by atoms with Crippen LogP contribution in [0.15, 0.2) is 15.7 Å². The normalized spacial score (nSPS) is 18.1. The van der Waals surface area contributed by atoms with Gasteiger partial charge < -0.3 is 5.32 Å². The molecule has 0 saturated heterocycles. The molecule has 38 valence electrons. The topological polar surface area (TPSA) is 24.4 Å². The molecular weight excluding hydrogens is 156 g/mol. The molecule has 0 aromatic heterocycles. The molecule has 0 radical (unpaired) electrons. The summed E-state index contributed by atoms with van der Waals surface area (Å²) in [5.41, 5.74) is 0. The standard InChI is InChI=1S/C4H5BrN2/c5-4-1-6-3-7-2-4/h1,3H,2H2,(H,6,7). The predicted molar refractivity (Wildman–Crippen MR) is 33.5 cm³/mol. The number of nitrogens with zero attached hydrogens (tertiary/aromatic N) is 1. The third-order valence-electron chi connectivity index (χ3n) is 0.651. The minimum absolute atomic E-state index is 0.865. The number of halogens is 1. The van der Waals surface area contributed by atoms with Crippen molar-refractivity contribution in [2.24, 2.45) is 4.99 Å². The van der Waals surface area contributed by atoms with E-state index in [1.165, 1.54) is 0 Å². The Balaban J connectivity index is 2.57. The van der Waals surface area contributed by atoms with Gasteiger partial charge in [-0.2, -0.15) is 0 Å². The van der Waals surface area contributed by atoms with Crippen LogP contribution in [0.5, 0.6) is 0 Å². The van der Waals surface area contributed by atoms with E-state index in [-0.39, 0.29) is 0 Å². The predicted octanol–water partition coefficient (Wildman–Crippen LogP) is 0.854. The lowest BCUT2D eigenvalue weighted by atomic mass is 10.6. The summed E-state index contributed by atoms with van der Waals surface area (Å²) >= 11 is 3.27. The fraction of sp³-hybridized carbons (Fsp3) is 0.250. The zero-order valence-electron chi connectivity index (χ0n) is 3.69. The highest BCUT2D eigenvalue weighted by Gasteiger charge is 1.89. The number of hydrogen-bond donors (Lipinski definition) is 1. The second-order valence-electron chi connectivity index (χ2n) is 1.24. The molecule has 1 aliphatic heterocycles. The molecule has 0 fully saturated rings. The van der Waals surface area contributed by atoms with Gasteiger partial charge >= 0.3 is 0 Å². The van der Waals surface area contributed by atoms with Crippen LogP contribution in [0.4, 0.5) is 0 Å². The molecule has 0 aromatic carbocycles. The third kappa shape index (κ3) is 1.31. The van der Waals surface area contributed by atoms with Crippen LogP contribution >= 0.6 is 15.9 Å². The summed E-state index contributed by atoms with van der Waals surface area (Å²) in [6, 6.07) is 0. The summed E-state index contributed by atoms with van der Waals surface area (Å²) in [4.78, 5) is 3.81. The fourth-order valence-electron chi connectivity index (χ4n) is 0.360. The number of nitrogens with one attached hydrogen (secondary N) is 1. The van der Waals surface area contributed by atoms with Gasteiger partial charge in [-0.25, -0.2) is 4.99 Å². The van der Waals surface area contributed by atoms with E-state index in [1.54, 1.807) is 12.5 Å². The summed E-state index contributed by atoms with van der Waals surface area (Å²) < 4.78 is 1.09. The van der Waals surface area contributed by atoms with Gasteiger partial charge in [0.05, 0.1) is 6.34 Å². The molecule has 0 amide bonds. The highest BCUT2D eigenvalue weighted by molar-refractivity contribution is 9.11. The average molecular weight is 161 g/mol. The van der Waals surface area contributed by atoms with Crippen LogP contribution in [0.2, 0.25) is 0 Å². The Bertz CT molecular complexity index is 117. The van der Waals surface area contributed by atoms with Crippen LogP contribution in [-0.4, -0.2) is 12.9 Å². The minimum atomic E-state index is 0.865. The third-order valence-corrected chi connectivity index (χ3v) is 1.14. The molecule has 3 heteroatoms. The lowest BCUT2D eigenvalue weighted by molar-refractivity contribution is 1.03. The van der Waals surface area contributed by atoms with E-state index in [0.717, 1.165) is 11.0 Å². The number of hydrogen-bond acceptors (Lipinski definition) is 2. The van der Waals surface area contributed by atoms with Crippen molar-refractivity contribution in [3.8, 4) is 0 Å². The van der Waals surface area contributed by atoms with Gasteiger partial charge in [0.25, 0.3) is 0 Å². The second kappa shape index (κ2) is 2.12. The molecule has 1 N–H and O–H groups in total. The highest BCUT2D eigenvalue weighted by Crippen LogP contribution is 2.03. The minimum Gasteiger partial charge on any atom is -0.371 e. The summed E-state index contributed by atoms with van der Waals surface area (Å²) in [7, 11) is 0. The van der Waals surface area contributed by atoms with Crippen molar-refractivity contribution in [2.45, 2.75) is 0 Å². The molecule has 1 rings (SSSR count). The van der Waals surface area contributed by atoms with Gasteiger partial charge in [0.2, 0.25) is 0 Å². The maximum absolute atomic E-state index is 3.81. The SMILES string of the molecule is BrC1=CN=CNC1. The van der Waals surface area contributed by atoms with Crippen LogP contribution < -0.4 is 5.32 Å². The first-order chi connectivity index (χ1) is 3.39. The molecule has 1 aliphatic rings. The van der Waals surface area contributed by atoms with Crippen LogP contribution in [0, 0.1) is 0 Å². The van der Waals surface area contributed by atoms with Crippen molar-refractivity contribution >= 4 is 22.3 Å². The monoisotopic (exact) mass is 160 g/mol. The molecule has 0 spiro atoms. The second-order valence-corrected chi connectivity index (χ2v) is 2.25. The Labute approximate surface area is 50.5 Å². The summed E-state index contributed by atoms with van der Waals surface area (Å²) in [5, 5.41) is 2.93. The van der Waals surface area contributed by atoms with Crippen molar-refractivity contribution in [1.82, 2.24) is 5.32 Å². The van der Waals surface area contributed by atoms with Gasteiger partial charge in [-0.1, -0.05) is 15.9 Å². The molecule has 0 atom stereocenters. The van der Waals surface area contributed by atoms with E-state index < -0.39 is 0 Å². The van der Waals surface area contributed by atoms with Gasteiger partial charge in [-0.3, -0.25) is 0 Å². The maximum atomic E-state index is 3.81. The summed E-state index contributed by atoms with van der Waals surface area (Å²) in [6.45, 7) is 0.865. The molecule has 0 aliphatic carbocycles. The van der Waals surface area contributed by atoms with Crippen molar-refractivity contribution < 1.29 is 0 Å². The first-order valence-electron chi connectivity index (χ1n) is 1.99. The van der Waals surface area contributed by atoms with Gasteiger partial charge in [0.1, 0.15) is 0 Å². The van der Waals surface area contributed by atoms with Crippen LogP contribution in [0.3, 0.4) is 0 Å². The Kier molecular flexibility index (Phi) is 1.46. The Morgan fingerprint density at radius 2 is 2.71 bits per heavy atom. The lowest BCUT2D eigenvalue weighted by Crippen LogP contribution is -2.14.